The van der Waals surface area contributed by atoms with Gasteiger partial charge < -0.3 is 15.2 Å². The van der Waals surface area contributed by atoms with E-state index >= 15 is 0 Å². The number of aliphatic carboxylic acids is 1. The highest BCUT2D eigenvalue weighted by atomic mass is 32.1. The molecular formula is C23H22N2O4S. The zero-order valence-corrected chi connectivity index (χ0v) is 17.5. The van der Waals surface area contributed by atoms with Crippen LogP contribution in [0.1, 0.15) is 45.1 Å². The largest absolute Gasteiger partial charge is 0.481 e. The minimum absolute atomic E-state index is 0.0477. The van der Waals surface area contributed by atoms with E-state index in [0.29, 0.717) is 0 Å². The van der Waals surface area contributed by atoms with E-state index in [1.165, 1.54) is 11.3 Å². The van der Waals surface area contributed by atoms with Gasteiger partial charge in [-0.1, -0.05) is 48.5 Å². The molecular weight excluding hydrogens is 400 g/mol. The number of amides is 1. The standard InChI is InChI=1S/C23H22N2O4S/c1-13-22(30-14(2)24-13)20(11-21(26)27)25-23(28)29-12-19-17-9-5-3-7-15(17)16-8-4-6-10-18(16)19/h3-10,19-20H,11-12H2,1-2H3,(H,25,28)(H,26,27)/t20-/m1/s1. The molecule has 0 fully saturated rings. The molecule has 0 saturated carbocycles. The SMILES string of the molecule is Cc1nc(C)c([C@@H](CC(=O)O)NC(=O)OCC2c3ccccc3-c3ccccc32)s1. The molecule has 1 heterocycles. The minimum Gasteiger partial charge on any atom is -0.481 e. The van der Waals surface area contributed by atoms with Crippen LogP contribution in [0.3, 0.4) is 0 Å². The van der Waals surface area contributed by atoms with Gasteiger partial charge in [-0.05, 0) is 36.1 Å². The number of ether oxygens (including phenoxy) is 1. The maximum absolute atomic E-state index is 12.6. The van der Waals surface area contributed by atoms with E-state index < -0.39 is 18.1 Å². The van der Waals surface area contributed by atoms with Crippen molar-refractivity contribution in [1.82, 2.24) is 10.3 Å². The summed E-state index contributed by atoms with van der Waals surface area (Å²) in [5, 5.41) is 12.8. The number of carboxylic acids is 1. The fourth-order valence-electron chi connectivity index (χ4n) is 4.04. The van der Waals surface area contributed by atoms with E-state index in [9.17, 15) is 14.7 Å². The molecule has 1 amide bonds. The third-order valence-electron chi connectivity index (χ3n) is 5.27. The lowest BCUT2D eigenvalue weighted by atomic mass is 9.98. The van der Waals surface area contributed by atoms with E-state index in [1.54, 1.807) is 0 Å². The van der Waals surface area contributed by atoms with Crippen molar-refractivity contribution in [3.63, 3.8) is 0 Å². The van der Waals surface area contributed by atoms with Crippen molar-refractivity contribution in [2.45, 2.75) is 32.2 Å². The first-order valence-corrected chi connectivity index (χ1v) is 10.5. The molecule has 2 N–H and O–H groups in total. The number of nitrogens with one attached hydrogen (secondary N) is 1. The molecule has 1 atom stereocenters. The summed E-state index contributed by atoms with van der Waals surface area (Å²) in [6.07, 6.45) is -0.860. The monoisotopic (exact) mass is 422 g/mol. The van der Waals surface area contributed by atoms with Gasteiger partial charge in [-0.25, -0.2) is 9.78 Å². The number of rotatable bonds is 6. The Morgan fingerprint density at radius 2 is 1.70 bits per heavy atom. The number of aryl methyl sites for hydroxylation is 2. The summed E-state index contributed by atoms with van der Waals surface area (Å²) in [7, 11) is 0. The highest BCUT2D eigenvalue weighted by Gasteiger charge is 2.30. The van der Waals surface area contributed by atoms with Crippen molar-refractivity contribution in [3.8, 4) is 11.1 Å². The van der Waals surface area contributed by atoms with Gasteiger partial charge in [-0.3, -0.25) is 4.79 Å². The van der Waals surface area contributed by atoms with Crippen LogP contribution in [0.15, 0.2) is 48.5 Å². The van der Waals surface area contributed by atoms with Gasteiger partial charge in [0.1, 0.15) is 6.61 Å². The van der Waals surface area contributed by atoms with E-state index in [2.05, 4.69) is 34.6 Å². The number of carboxylic acid groups (broad SMARTS) is 1. The van der Waals surface area contributed by atoms with E-state index in [0.717, 1.165) is 37.8 Å². The van der Waals surface area contributed by atoms with Crippen LogP contribution in [-0.2, 0) is 9.53 Å². The van der Waals surface area contributed by atoms with Gasteiger partial charge >= 0.3 is 12.1 Å². The number of benzene rings is 2. The molecule has 2 aromatic carbocycles. The molecule has 3 aromatic rings. The van der Waals surface area contributed by atoms with Crippen molar-refractivity contribution in [1.29, 1.82) is 0 Å². The lowest BCUT2D eigenvalue weighted by molar-refractivity contribution is -0.137. The molecule has 1 aromatic heterocycles. The molecule has 0 spiro atoms. The second kappa shape index (κ2) is 8.28. The summed E-state index contributed by atoms with van der Waals surface area (Å²) in [6.45, 7) is 3.85. The number of nitrogens with zero attached hydrogens (tertiary/aromatic N) is 1. The second-order valence-electron chi connectivity index (χ2n) is 7.30. The van der Waals surface area contributed by atoms with Crippen LogP contribution in [0.5, 0.6) is 0 Å². The fraction of sp³-hybridized carbons (Fsp3) is 0.261. The van der Waals surface area contributed by atoms with Gasteiger partial charge in [-0.2, -0.15) is 0 Å². The number of thiazole rings is 1. The van der Waals surface area contributed by atoms with Crippen LogP contribution in [0, 0.1) is 13.8 Å². The topological polar surface area (TPSA) is 88.5 Å². The zero-order valence-electron chi connectivity index (χ0n) is 16.7. The van der Waals surface area contributed by atoms with Gasteiger partial charge in [0.05, 0.1) is 28.0 Å². The summed E-state index contributed by atoms with van der Waals surface area (Å²) < 4.78 is 5.56. The number of hydrogen-bond donors (Lipinski definition) is 2. The van der Waals surface area contributed by atoms with Gasteiger partial charge in [0.2, 0.25) is 0 Å². The third kappa shape index (κ3) is 3.93. The quantitative estimate of drug-likeness (QED) is 0.595. The predicted octanol–water partition coefficient (Wildman–Crippen LogP) is 4.81. The Morgan fingerprint density at radius 3 is 2.23 bits per heavy atom. The van der Waals surface area contributed by atoms with Gasteiger partial charge in [0, 0.05) is 5.92 Å². The zero-order chi connectivity index (χ0) is 21.3. The molecule has 4 rings (SSSR count). The van der Waals surface area contributed by atoms with Crippen LogP contribution < -0.4 is 5.32 Å². The molecule has 0 radical (unpaired) electrons. The Hall–Kier alpha value is -3.19. The molecule has 6 nitrogen and oxygen atoms in total. The maximum Gasteiger partial charge on any atom is 0.407 e. The van der Waals surface area contributed by atoms with Gasteiger partial charge in [0.15, 0.2) is 0 Å². The highest BCUT2D eigenvalue weighted by molar-refractivity contribution is 7.11. The average molecular weight is 423 g/mol. The molecule has 30 heavy (non-hydrogen) atoms. The average Bonchev–Trinajstić information content (AvgIpc) is 3.22. The number of aromatic nitrogens is 1. The first-order valence-electron chi connectivity index (χ1n) is 9.71. The van der Waals surface area contributed by atoms with Crippen LogP contribution >= 0.6 is 11.3 Å². The Morgan fingerprint density at radius 1 is 1.10 bits per heavy atom. The van der Waals surface area contributed by atoms with E-state index in [4.69, 9.17) is 4.74 Å². The Labute approximate surface area is 178 Å². The van der Waals surface area contributed by atoms with Crippen LogP contribution in [0.4, 0.5) is 4.79 Å². The predicted molar refractivity (Wildman–Crippen MR) is 115 cm³/mol. The van der Waals surface area contributed by atoms with E-state index in [1.807, 2.05) is 38.1 Å². The lowest BCUT2D eigenvalue weighted by Crippen LogP contribution is -2.31. The third-order valence-corrected chi connectivity index (χ3v) is 6.46. The number of fused-ring (bicyclic) bond motifs is 3. The van der Waals surface area contributed by atoms with Gasteiger partial charge in [-0.15, -0.1) is 11.3 Å². The molecule has 0 bridgehead atoms. The number of hydrogen-bond acceptors (Lipinski definition) is 5. The van der Waals surface area contributed by atoms with Crippen molar-refractivity contribution < 1.29 is 19.4 Å². The fourth-order valence-corrected chi connectivity index (χ4v) is 5.02. The minimum atomic E-state index is -0.996. The van der Waals surface area contributed by atoms with Crippen LogP contribution in [0.2, 0.25) is 0 Å². The van der Waals surface area contributed by atoms with Crippen molar-refractivity contribution in [2.24, 2.45) is 0 Å². The normalized spacial score (nSPS) is 13.4. The van der Waals surface area contributed by atoms with Gasteiger partial charge in [0.25, 0.3) is 0 Å². The van der Waals surface area contributed by atoms with Crippen LogP contribution in [-0.4, -0.2) is 28.8 Å². The van der Waals surface area contributed by atoms with Crippen molar-refractivity contribution in [3.05, 3.63) is 75.2 Å². The van der Waals surface area contributed by atoms with Crippen LogP contribution in [0.25, 0.3) is 11.1 Å². The summed E-state index contributed by atoms with van der Waals surface area (Å²) in [5.41, 5.74) is 5.29. The number of carbonyl (C=O) groups excluding carboxylic acids is 1. The summed E-state index contributed by atoms with van der Waals surface area (Å²) in [5.74, 6) is -1.04. The number of carbonyl (C=O) groups is 2. The smallest absolute Gasteiger partial charge is 0.407 e. The molecule has 0 aliphatic heterocycles. The first-order chi connectivity index (χ1) is 14.4. The molecule has 1 aliphatic carbocycles. The summed E-state index contributed by atoms with van der Waals surface area (Å²) in [6, 6.07) is 15.5. The number of alkyl carbamates (subject to hydrolysis) is 1. The summed E-state index contributed by atoms with van der Waals surface area (Å²) in [4.78, 5) is 29.0. The lowest BCUT2D eigenvalue weighted by Gasteiger charge is -2.18. The Bertz CT molecular complexity index is 1060. The van der Waals surface area contributed by atoms with Crippen molar-refractivity contribution in [2.75, 3.05) is 6.61 Å². The molecule has 0 saturated heterocycles. The maximum atomic E-state index is 12.6. The molecule has 1 aliphatic rings. The first kappa shape index (κ1) is 20.1. The van der Waals surface area contributed by atoms with Crippen molar-refractivity contribution >= 4 is 23.4 Å². The second-order valence-corrected chi connectivity index (χ2v) is 8.54. The Kier molecular flexibility index (Phi) is 5.55. The van der Waals surface area contributed by atoms with E-state index in [-0.39, 0.29) is 18.9 Å². The highest BCUT2D eigenvalue weighted by Crippen LogP contribution is 2.44. The molecule has 0 unspecified atom stereocenters. The molecule has 154 valence electrons. The summed E-state index contributed by atoms with van der Waals surface area (Å²) >= 11 is 1.39. The molecule has 7 heteroatoms. The Balaban J connectivity index is 1.49.